The predicted octanol–water partition coefficient (Wildman–Crippen LogP) is 2.28. The fourth-order valence-corrected chi connectivity index (χ4v) is 1.96. The smallest absolute Gasteiger partial charge is 0.0973 e. The minimum absolute atomic E-state index is 0.158. The zero-order valence-corrected chi connectivity index (χ0v) is 12.5. The first-order valence-corrected chi connectivity index (χ1v) is 6.99. The van der Waals surface area contributed by atoms with Crippen LogP contribution in [0.3, 0.4) is 0 Å². The molecule has 19 heavy (non-hydrogen) atoms. The Morgan fingerprint density at radius 1 is 1.16 bits per heavy atom. The van der Waals surface area contributed by atoms with Crippen molar-refractivity contribution in [2.24, 2.45) is 5.92 Å². The summed E-state index contributed by atoms with van der Waals surface area (Å²) in [6.07, 6.45) is 1.10. The number of nitrogens with one attached hydrogen (secondary N) is 1. The van der Waals surface area contributed by atoms with Crippen LogP contribution in [0.5, 0.6) is 0 Å². The van der Waals surface area contributed by atoms with Gasteiger partial charge in [0.2, 0.25) is 0 Å². The van der Waals surface area contributed by atoms with Crippen molar-refractivity contribution in [2.75, 3.05) is 13.2 Å². The van der Waals surface area contributed by atoms with E-state index < -0.39 is 5.60 Å². The lowest BCUT2D eigenvalue weighted by molar-refractivity contribution is 0.00106. The van der Waals surface area contributed by atoms with E-state index in [0.29, 0.717) is 12.5 Å². The van der Waals surface area contributed by atoms with Crippen LogP contribution in [0.15, 0.2) is 24.3 Å². The van der Waals surface area contributed by atoms with E-state index in [0.717, 1.165) is 6.42 Å². The number of benzene rings is 1. The van der Waals surface area contributed by atoms with Crippen molar-refractivity contribution in [2.45, 2.75) is 45.8 Å². The van der Waals surface area contributed by atoms with Gasteiger partial charge in [0.15, 0.2) is 0 Å². The van der Waals surface area contributed by atoms with E-state index in [1.165, 1.54) is 11.1 Å². The van der Waals surface area contributed by atoms with Gasteiger partial charge in [-0.3, -0.25) is 0 Å². The molecule has 0 fully saturated rings. The second-order valence-corrected chi connectivity index (χ2v) is 6.10. The molecule has 2 unspecified atom stereocenters. The molecule has 0 heterocycles. The van der Waals surface area contributed by atoms with Gasteiger partial charge in [-0.15, -0.1) is 0 Å². The Balaban J connectivity index is 2.55. The minimum atomic E-state index is -1.06. The van der Waals surface area contributed by atoms with Crippen molar-refractivity contribution >= 4 is 0 Å². The molecular weight excluding hydrogens is 238 g/mol. The van der Waals surface area contributed by atoms with E-state index in [1.54, 1.807) is 6.92 Å². The SMILES string of the molecule is CC(C)Cc1ccc(C(C)NCC(C)(O)CO)cc1. The Hall–Kier alpha value is -0.900. The van der Waals surface area contributed by atoms with Crippen molar-refractivity contribution in [3.8, 4) is 0 Å². The van der Waals surface area contributed by atoms with Crippen LogP contribution < -0.4 is 5.32 Å². The van der Waals surface area contributed by atoms with Gasteiger partial charge < -0.3 is 15.5 Å². The lowest BCUT2D eigenvalue weighted by Gasteiger charge is -2.24. The number of rotatable bonds is 7. The Labute approximate surface area is 116 Å². The molecular formula is C16H27NO2. The van der Waals surface area contributed by atoms with Crippen LogP contribution in [0.25, 0.3) is 0 Å². The van der Waals surface area contributed by atoms with Crippen molar-refractivity contribution in [3.05, 3.63) is 35.4 Å². The molecule has 0 amide bonds. The van der Waals surface area contributed by atoms with Crippen molar-refractivity contribution in [3.63, 3.8) is 0 Å². The number of hydrogen-bond donors (Lipinski definition) is 3. The highest BCUT2D eigenvalue weighted by Gasteiger charge is 2.19. The van der Waals surface area contributed by atoms with E-state index >= 15 is 0 Å². The molecule has 0 aliphatic carbocycles. The summed E-state index contributed by atoms with van der Waals surface area (Å²) in [6.45, 7) is 8.26. The second kappa shape index (κ2) is 7.04. The first-order valence-electron chi connectivity index (χ1n) is 6.99. The fraction of sp³-hybridized carbons (Fsp3) is 0.625. The quantitative estimate of drug-likeness (QED) is 0.709. The van der Waals surface area contributed by atoms with Gasteiger partial charge in [-0.2, -0.15) is 0 Å². The molecule has 0 saturated heterocycles. The molecule has 3 N–H and O–H groups in total. The predicted molar refractivity (Wildman–Crippen MR) is 79.1 cm³/mol. The van der Waals surface area contributed by atoms with E-state index in [1.807, 2.05) is 0 Å². The lowest BCUT2D eigenvalue weighted by atomic mass is 9.99. The fourth-order valence-electron chi connectivity index (χ4n) is 1.96. The zero-order chi connectivity index (χ0) is 14.5. The number of hydrogen-bond acceptors (Lipinski definition) is 3. The summed E-state index contributed by atoms with van der Waals surface area (Å²) in [5.74, 6) is 0.668. The molecule has 1 aromatic carbocycles. The van der Waals surface area contributed by atoms with Gasteiger partial charge >= 0.3 is 0 Å². The summed E-state index contributed by atoms with van der Waals surface area (Å²) in [5, 5.41) is 22.0. The van der Waals surface area contributed by atoms with Gasteiger partial charge in [0.05, 0.1) is 12.2 Å². The van der Waals surface area contributed by atoms with Crippen molar-refractivity contribution in [1.29, 1.82) is 0 Å². The van der Waals surface area contributed by atoms with Crippen LogP contribution in [0.4, 0.5) is 0 Å². The molecule has 108 valence electrons. The van der Waals surface area contributed by atoms with Crippen LogP contribution in [0.2, 0.25) is 0 Å². The van der Waals surface area contributed by atoms with Crippen LogP contribution in [-0.2, 0) is 6.42 Å². The Bertz CT molecular complexity index is 371. The Kier molecular flexibility index (Phi) is 5.98. The van der Waals surface area contributed by atoms with Gasteiger partial charge in [0.1, 0.15) is 0 Å². The highest BCUT2D eigenvalue weighted by atomic mass is 16.3. The van der Waals surface area contributed by atoms with Gasteiger partial charge in [-0.1, -0.05) is 38.1 Å². The average Bonchev–Trinajstić information content (AvgIpc) is 2.36. The minimum Gasteiger partial charge on any atom is -0.393 e. The molecule has 0 spiro atoms. The molecule has 0 aliphatic heterocycles. The highest BCUT2D eigenvalue weighted by Crippen LogP contribution is 2.16. The standard InChI is InChI=1S/C16H27NO2/c1-12(2)9-14-5-7-15(8-6-14)13(3)17-10-16(4,19)11-18/h5-8,12-13,17-19H,9-11H2,1-4H3. The molecule has 1 rings (SSSR count). The number of aliphatic hydroxyl groups excluding tert-OH is 1. The van der Waals surface area contributed by atoms with E-state index in [-0.39, 0.29) is 12.6 Å². The van der Waals surface area contributed by atoms with Gasteiger partial charge in [0, 0.05) is 12.6 Å². The summed E-state index contributed by atoms with van der Waals surface area (Å²) in [5.41, 5.74) is 1.49. The Morgan fingerprint density at radius 2 is 1.74 bits per heavy atom. The molecule has 0 radical (unpaired) electrons. The van der Waals surface area contributed by atoms with E-state index in [9.17, 15) is 5.11 Å². The lowest BCUT2D eigenvalue weighted by Crippen LogP contribution is -2.41. The maximum Gasteiger partial charge on any atom is 0.0973 e. The van der Waals surface area contributed by atoms with Crippen molar-refractivity contribution in [1.82, 2.24) is 5.32 Å². The maximum absolute atomic E-state index is 9.75. The normalized spacial score (nSPS) is 16.4. The second-order valence-electron chi connectivity index (χ2n) is 6.10. The highest BCUT2D eigenvalue weighted by molar-refractivity contribution is 5.25. The van der Waals surface area contributed by atoms with Crippen LogP contribution >= 0.6 is 0 Å². The summed E-state index contributed by atoms with van der Waals surface area (Å²) in [7, 11) is 0. The van der Waals surface area contributed by atoms with Gasteiger partial charge in [-0.25, -0.2) is 0 Å². The van der Waals surface area contributed by atoms with Crippen LogP contribution in [-0.4, -0.2) is 29.0 Å². The largest absolute Gasteiger partial charge is 0.393 e. The van der Waals surface area contributed by atoms with Crippen molar-refractivity contribution < 1.29 is 10.2 Å². The van der Waals surface area contributed by atoms with Crippen LogP contribution in [0, 0.1) is 5.92 Å². The summed E-state index contributed by atoms with van der Waals surface area (Å²) in [6, 6.07) is 8.74. The topological polar surface area (TPSA) is 52.5 Å². The summed E-state index contributed by atoms with van der Waals surface area (Å²) in [4.78, 5) is 0. The number of aliphatic hydroxyl groups is 2. The third kappa shape index (κ3) is 5.72. The third-order valence-corrected chi connectivity index (χ3v) is 3.25. The molecule has 1 aromatic rings. The van der Waals surface area contributed by atoms with Crippen LogP contribution in [0.1, 0.15) is 44.9 Å². The first-order chi connectivity index (χ1) is 8.84. The average molecular weight is 265 g/mol. The molecule has 0 aromatic heterocycles. The van der Waals surface area contributed by atoms with Gasteiger partial charge in [-0.05, 0) is 37.3 Å². The summed E-state index contributed by atoms with van der Waals surface area (Å²) < 4.78 is 0. The van der Waals surface area contributed by atoms with Gasteiger partial charge in [0.25, 0.3) is 0 Å². The Morgan fingerprint density at radius 3 is 2.21 bits per heavy atom. The summed E-state index contributed by atoms with van der Waals surface area (Å²) >= 11 is 0. The monoisotopic (exact) mass is 265 g/mol. The third-order valence-electron chi connectivity index (χ3n) is 3.25. The van der Waals surface area contributed by atoms with E-state index in [2.05, 4.69) is 50.4 Å². The maximum atomic E-state index is 9.75. The zero-order valence-electron chi connectivity index (χ0n) is 12.5. The first kappa shape index (κ1) is 16.2. The molecule has 3 nitrogen and oxygen atoms in total. The molecule has 0 aliphatic rings. The molecule has 2 atom stereocenters. The van der Waals surface area contributed by atoms with E-state index in [4.69, 9.17) is 5.11 Å². The molecule has 3 heteroatoms. The molecule has 0 saturated carbocycles. The molecule has 0 bridgehead atoms.